The second-order valence-electron chi connectivity index (χ2n) is 5.72. The Labute approximate surface area is 124 Å². The molecule has 0 bridgehead atoms. The van der Waals surface area contributed by atoms with Crippen LogP contribution in [-0.2, 0) is 6.54 Å². The zero-order valence-electron chi connectivity index (χ0n) is 11.5. The molecule has 0 radical (unpaired) electrons. The summed E-state index contributed by atoms with van der Waals surface area (Å²) < 4.78 is 1.23. The summed E-state index contributed by atoms with van der Waals surface area (Å²) in [6, 6.07) is 7.56. The number of hydrogen-bond acceptors (Lipinski definition) is 3. The molecule has 3 nitrogen and oxygen atoms in total. The zero-order valence-corrected chi connectivity index (χ0v) is 13.1. The van der Waals surface area contributed by atoms with Crippen molar-refractivity contribution in [3.8, 4) is 0 Å². The number of likely N-dealkylation sites (N-methyl/N-ethyl adjacent to an activating group) is 1. The fourth-order valence-electron chi connectivity index (χ4n) is 2.48. The van der Waals surface area contributed by atoms with Crippen LogP contribution >= 0.6 is 15.9 Å². The minimum absolute atomic E-state index is 0.768. The lowest BCUT2D eigenvalue weighted by atomic mass is 10.1. The molecule has 1 aliphatic heterocycles. The van der Waals surface area contributed by atoms with Crippen LogP contribution in [0.5, 0.6) is 0 Å². The number of anilines is 1. The summed E-state index contributed by atoms with van der Waals surface area (Å²) in [4.78, 5) is 4.86. The molecule has 0 amide bonds. The van der Waals surface area contributed by atoms with E-state index in [1.165, 1.54) is 28.6 Å². The summed E-state index contributed by atoms with van der Waals surface area (Å²) in [5.74, 6) is 0. The third-order valence-corrected chi connectivity index (χ3v) is 4.80. The van der Waals surface area contributed by atoms with E-state index in [4.69, 9.17) is 0 Å². The van der Waals surface area contributed by atoms with Gasteiger partial charge in [0.2, 0.25) is 0 Å². The highest BCUT2D eigenvalue weighted by Gasteiger charge is 2.20. The van der Waals surface area contributed by atoms with E-state index in [-0.39, 0.29) is 0 Å². The molecule has 1 saturated heterocycles. The van der Waals surface area contributed by atoms with Gasteiger partial charge in [-0.2, -0.15) is 0 Å². The highest BCUT2D eigenvalue weighted by Crippen LogP contribution is 2.26. The highest BCUT2D eigenvalue weighted by atomic mass is 79.9. The number of piperazine rings is 1. The first-order valence-corrected chi connectivity index (χ1v) is 7.97. The predicted octanol–water partition coefficient (Wildman–Crippen LogP) is 2.45. The van der Waals surface area contributed by atoms with Crippen LogP contribution in [0.2, 0.25) is 0 Å². The van der Waals surface area contributed by atoms with Gasteiger partial charge < -0.3 is 15.1 Å². The van der Waals surface area contributed by atoms with Crippen molar-refractivity contribution in [1.82, 2.24) is 10.2 Å². The Bertz CT molecular complexity index is 437. The summed E-state index contributed by atoms with van der Waals surface area (Å²) in [5, 5.41) is 3.57. The predicted molar refractivity (Wildman–Crippen MR) is 83.7 cm³/mol. The van der Waals surface area contributed by atoms with Crippen molar-refractivity contribution in [3.05, 3.63) is 28.2 Å². The molecular formula is C15H22BrN3. The van der Waals surface area contributed by atoms with E-state index in [1.54, 1.807) is 0 Å². The normalized spacial score (nSPS) is 20.8. The van der Waals surface area contributed by atoms with Crippen LogP contribution in [-0.4, -0.2) is 44.2 Å². The van der Waals surface area contributed by atoms with Crippen molar-refractivity contribution in [2.24, 2.45) is 0 Å². The van der Waals surface area contributed by atoms with Crippen molar-refractivity contribution in [3.63, 3.8) is 0 Å². The summed E-state index contributed by atoms with van der Waals surface area (Å²) in [6.07, 6.45) is 2.69. The van der Waals surface area contributed by atoms with Crippen LogP contribution in [0.25, 0.3) is 0 Å². The molecule has 2 aliphatic rings. The highest BCUT2D eigenvalue weighted by molar-refractivity contribution is 9.10. The molecule has 3 rings (SSSR count). The lowest BCUT2D eigenvalue weighted by Gasteiger charge is -2.34. The fraction of sp³-hybridized carbons (Fsp3) is 0.600. The molecule has 19 heavy (non-hydrogen) atoms. The van der Waals surface area contributed by atoms with Gasteiger partial charge in [0.1, 0.15) is 0 Å². The second kappa shape index (κ2) is 5.81. The molecule has 0 atom stereocenters. The minimum Gasteiger partial charge on any atom is -0.369 e. The third kappa shape index (κ3) is 3.50. The van der Waals surface area contributed by atoms with Crippen LogP contribution in [0.15, 0.2) is 22.7 Å². The largest absolute Gasteiger partial charge is 0.369 e. The third-order valence-electron chi connectivity index (χ3n) is 4.06. The van der Waals surface area contributed by atoms with Crippen molar-refractivity contribution in [2.45, 2.75) is 25.4 Å². The molecule has 1 aromatic rings. The van der Waals surface area contributed by atoms with Crippen molar-refractivity contribution in [2.75, 3.05) is 38.1 Å². The van der Waals surface area contributed by atoms with E-state index < -0.39 is 0 Å². The molecule has 104 valence electrons. The Balaban J connectivity index is 1.64. The van der Waals surface area contributed by atoms with Gasteiger partial charge in [-0.15, -0.1) is 0 Å². The molecule has 0 spiro atoms. The van der Waals surface area contributed by atoms with Crippen LogP contribution in [0.3, 0.4) is 0 Å². The molecule has 1 saturated carbocycles. The standard InChI is InChI=1S/C15H22BrN3/c1-18-6-8-19(9-7-18)14-5-2-12(15(16)10-14)11-17-13-3-4-13/h2,5,10,13,17H,3-4,6-9,11H2,1H3. The number of benzene rings is 1. The summed E-state index contributed by atoms with van der Waals surface area (Å²) >= 11 is 3.72. The molecule has 1 aliphatic carbocycles. The SMILES string of the molecule is CN1CCN(c2ccc(CNC3CC3)c(Br)c2)CC1. The lowest BCUT2D eigenvalue weighted by molar-refractivity contribution is 0.313. The molecule has 2 fully saturated rings. The van der Waals surface area contributed by atoms with E-state index in [1.807, 2.05) is 0 Å². The van der Waals surface area contributed by atoms with Gasteiger partial charge >= 0.3 is 0 Å². The van der Waals surface area contributed by atoms with E-state index >= 15 is 0 Å². The average molecular weight is 324 g/mol. The molecule has 0 aromatic heterocycles. The number of halogens is 1. The first kappa shape index (κ1) is 13.4. The van der Waals surface area contributed by atoms with Crippen LogP contribution < -0.4 is 10.2 Å². The maximum Gasteiger partial charge on any atom is 0.0378 e. The van der Waals surface area contributed by atoms with Gasteiger partial charge in [0.25, 0.3) is 0 Å². The fourth-order valence-corrected chi connectivity index (χ4v) is 2.99. The Morgan fingerprint density at radius 2 is 1.95 bits per heavy atom. The monoisotopic (exact) mass is 323 g/mol. The van der Waals surface area contributed by atoms with Crippen LogP contribution in [0.1, 0.15) is 18.4 Å². The van der Waals surface area contributed by atoms with Gasteiger partial charge in [-0.1, -0.05) is 22.0 Å². The van der Waals surface area contributed by atoms with Gasteiger partial charge in [-0.05, 0) is 37.6 Å². The first-order chi connectivity index (χ1) is 9.22. The number of rotatable bonds is 4. The molecular weight excluding hydrogens is 302 g/mol. The van der Waals surface area contributed by atoms with E-state index in [2.05, 4.69) is 56.3 Å². The first-order valence-electron chi connectivity index (χ1n) is 7.18. The van der Waals surface area contributed by atoms with Crippen LogP contribution in [0, 0.1) is 0 Å². The van der Waals surface area contributed by atoms with Gasteiger partial charge in [0.15, 0.2) is 0 Å². The Morgan fingerprint density at radius 1 is 1.21 bits per heavy atom. The maximum absolute atomic E-state index is 3.72. The van der Waals surface area contributed by atoms with E-state index in [0.717, 1.165) is 38.8 Å². The smallest absolute Gasteiger partial charge is 0.0378 e. The van der Waals surface area contributed by atoms with Crippen molar-refractivity contribution >= 4 is 21.6 Å². The molecule has 1 heterocycles. The Kier molecular flexibility index (Phi) is 4.10. The van der Waals surface area contributed by atoms with Gasteiger partial charge in [-0.25, -0.2) is 0 Å². The molecule has 1 aromatic carbocycles. The summed E-state index contributed by atoms with van der Waals surface area (Å²) in [7, 11) is 2.19. The Hall–Kier alpha value is -0.580. The van der Waals surface area contributed by atoms with Gasteiger partial charge in [0.05, 0.1) is 0 Å². The molecule has 4 heteroatoms. The van der Waals surface area contributed by atoms with Crippen molar-refractivity contribution < 1.29 is 0 Å². The summed E-state index contributed by atoms with van der Waals surface area (Å²) in [6.45, 7) is 5.55. The van der Waals surface area contributed by atoms with Gasteiger partial charge in [-0.3, -0.25) is 0 Å². The Morgan fingerprint density at radius 3 is 2.58 bits per heavy atom. The van der Waals surface area contributed by atoms with E-state index in [0.29, 0.717) is 0 Å². The zero-order chi connectivity index (χ0) is 13.2. The number of hydrogen-bond donors (Lipinski definition) is 1. The topological polar surface area (TPSA) is 18.5 Å². The molecule has 1 N–H and O–H groups in total. The lowest BCUT2D eigenvalue weighted by Crippen LogP contribution is -2.44. The van der Waals surface area contributed by atoms with Crippen molar-refractivity contribution in [1.29, 1.82) is 0 Å². The average Bonchev–Trinajstić information content (AvgIpc) is 3.22. The second-order valence-corrected chi connectivity index (χ2v) is 6.58. The maximum atomic E-state index is 3.72. The van der Waals surface area contributed by atoms with E-state index in [9.17, 15) is 0 Å². The number of nitrogens with one attached hydrogen (secondary N) is 1. The minimum atomic E-state index is 0.768. The number of nitrogens with zero attached hydrogens (tertiary/aromatic N) is 2. The van der Waals surface area contributed by atoms with Gasteiger partial charge in [0, 0.05) is 48.9 Å². The quantitative estimate of drug-likeness (QED) is 0.918. The summed E-state index contributed by atoms with van der Waals surface area (Å²) in [5.41, 5.74) is 2.71. The van der Waals surface area contributed by atoms with Crippen LogP contribution in [0.4, 0.5) is 5.69 Å². The molecule has 0 unspecified atom stereocenters.